The van der Waals surface area contributed by atoms with E-state index in [1.165, 1.54) is 11.8 Å². The molecular weight excluding hydrogens is 226 g/mol. The second kappa shape index (κ2) is 6.10. The van der Waals surface area contributed by atoms with Crippen molar-refractivity contribution in [1.29, 1.82) is 0 Å². The minimum absolute atomic E-state index is 0.0527. The summed E-state index contributed by atoms with van der Waals surface area (Å²) < 4.78 is 5.42. The molecule has 5 nitrogen and oxygen atoms in total. The fourth-order valence-corrected chi connectivity index (χ4v) is 2.45. The normalized spacial score (nSPS) is 24.0. The zero-order chi connectivity index (χ0) is 11.2. The van der Waals surface area contributed by atoms with Gasteiger partial charge in [0.05, 0.1) is 18.4 Å². The molecule has 0 radical (unpaired) electrons. The number of nitrogens with zero attached hydrogens (tertiary/aromatic N) is 1. The van der Waals surface area contributed by atoms with Gasteiger partial charge in [-0.15, -0.1) is 0 Å². The van der Waals surface area contributed by atoms with Crippen molar-refractivity contribution in [1.82, 2.24) is 10.6 Å². The molecule has 0 aromatic heterocycles. The van der Waals surface area contributed by atoms with Gasteiger partial charge in [0, 0.05) is 19.7 Å². The predicted molar refractivity (Wildman–Crippen MR) is 64.7 cm³/mol. The van der Waals surface area contributed by atoms with Crippen molar-refractivity contribution >= 4 is 22.8 Å². The first-order valence-electron chi connectivity index (χ1n) is 5.64. The number of thioether (sulfide) groups is 1. The minimum Gasteiger partial charge on any atom is -0.376 e. The molecular formula is C10H17N3O2S. The Labute approximate surface area is 99.4 Å². The van der Waals surface area contributed by atoms with Crippen molar-refractivity contribution in [2.45, 2.75) is 18.9 Å². The largest absolute Gasteiger partial charge is 0.376 e. The third-order valence-electron chi connectivity index (χ3n) is 2.53. The van der Waals surface area contributed by atoms with Gasteiger partial charge in [0.15, 0.2) is 5.17 Å². The summed E-state index contributed by atoms with van der Waals surface area (Å²) in [7, 11) is 0. The molecule has 16 heavy (non-hydrogen) atoms. The van der Waals surface area contributed by atoms with E-state index in [-0.39, 0.29) is 12.0 Å². The molecule has 0 aliphatic carbocycles. The number of ether oxygens (including phenoxy) is 1. The van der Waals surface area contributed by atoms with Crippen LogP contribution in [0.4, 0.5) is 0 Å². The van der Waals surface area contributed by atoms with Crippen molar-refractivity contribution in [3.8, 4) is 0 Å². The highest BCUT2D eigenvalue weighted by atomic mass is 32.2. The van der Waals surface area contributed by atoms with E-state index in [1.807, 2.05) is 0 Å². The second-order valence-electron chi connectivity index (χ2n) is 3.84. The number of amides is 1. The molecule has 0 aromatic carbocycles. The van der Waals surface area contributed by atoms with Crippen molar-refractivity contribution in [2.24, 2.45) is 4.99 Å². The highest BCUT2D eigenvalue weighted by Gasteiger charge is 2.16. The summed E-state index contributed by atoms with van der Waals surface area (Å²) in [6.45, 7) is 3.18. The van der Waals surface area contributed by atoms with Crippen LogP contribution in [0.2, 0.25) is 0 Å². The van der Waals surface area contributed by atoms with Crippen LogP contribution in [0, 0.1) is 0 Å². The molecule has 1 atom stereocenters. The van der Waals surface area contributed by atoms with Crippen LogP contribution in [0.3, 0.4) is 0 Å². The molecule has 2 aliphatic rings. The van der Waals surface area contributed by atoms with Crippen LogP contribution in [-0.4, -0.2) is 49.2 Å². The Morgan fingerprint density at radius 1 is 1.69 bits per heavy atom. The number of amidine groups is 1. The lowest BCUT2D eigenvalue weighted by Gasteiger charge is -2.10. The van der Waals surface area contributed by atoms with E-state index in [2.05, 4.69) is 15.6 Å². The van der Waals surface area contributed by atoms with Gasteiger partial charge in [0.2, 0.25) is 5.91 Å². The quantitative estimate of drug-likeness (QED) is 0.728. The monoisotopic (exact) mass is 243 g/mol. The van der Waals surface area contributed by atoms with E-state index in [0.717, 1.165) is 37.7 Å². The van der Waals surface area contributed by atoms with Crippen LogP contribution in [0.15, 0.2) is 4.99 Å². The zero-order valence-corrected chi connectivity index (χ0v) is 10.0. The summed E-state index contributed by atoms with van der Waals surface area (Å²) in [5, 5.41) is 6.88. The summed E-state index contributed by atoms with van der Waals surface area (Å²) in [5.41, 5.74) is 0. The average molecular weight is 243 g/mol. The molecule has 0 bridgehead atoms. The fourth-order valence-electron chi connectivity index (χ4n) is 1.69. The molecule has 1 amide bonds. The van der Waals surface area contributed by atoms with Crippen LogP contribution in [0.1, 0.15) is 12.8 Å². The molecule has 0 unspecified atom stereocenters. The highest BCUT2D eigenvalue weighted by molar-refractivity contribution is 8.14. The topological polar surface area (TPSA) is 62.7 Å². The summed E-state index contributed by atoms with van der Waals surface area (Å²) in [4.78, 5) is 15.7. The van der Waals surface area contributed by atoms with Crippen LogP contribution in [0.5, 0.6) is 0 Å². The Kier molecular flexibility index (Phi) is 4.47. The second-order valence-corrected chi connectivity index (χ2v) is 4.81. The van der Waals surface area contributed by atoms with Crippen LogP contribution < -0.4 is 10.6 Å². The maximum Gasteiger partial charge on any atom is 0.230 e. The number of carbonyl (C=O) groups is 1. The van der Waals surface area contributed by atoms with Gasteiger partial charge >= 0.3 is 0 Å². The van der Waals surface area contributed by atoms with Crippen molar-refractivity contribution < 1.29 is 9.53 Å². The van der Waals surface area contributed by atoms with Gasteiger partial charge in [-0.3, -0.25) is 9.79 Å². The van der Waals surface area contributed by atoms with Crippen LogP contribution in [-0.2, 0) is 9.53 Å². The molecule has 1 saturated heterocycles. The highest BCUT2D eigenvalue weighted by Crippen LogP contribution is 2.10. The third kappa shape index (κ3) is 3.68. The first-order chi connectivity index (χ1) is 7.84. The molecule has 2 heterocycles. The molecule has 2 rings (SSSR count). The summed E-state index contributed by atoms with van der Waals surface area (Å²) in [6, 6.07) is 0. The van der Waals surface area contributed by atoms with E-state index in [4.69, 9.17) is 4.74 Å². The standard InChI is InChI=1S/C10H17N3O2S/c14-9(7-16-10-11-3-4-12-10)13-6-8-2-1-5-15-8/h8H,1-7H2,(H,11,12)(H,13,14)/t8-/m1/s1. The summed E-state index contributed by atoms with van der Waals surface area (Å²) in [5.74, 6) is 0.482. The number of nitrogens with one attached hydrogen (secondary N) is 2. The Hall–Kier alpha value is -0.750. The van der Waals surface area contributed by atoms with Crippen LogP contribution >= 0.6 is 11.8 Å². The Bertz CT molecular complexity index is 277. The first kappa shape index (κ1) is 11.7. The van der Waals surface area contributed by atoms with Crippen molar-refractivity contribution in [2.75, 3.05) is 32.0 Å². The molecule has 90 valence electrons. The van der Waals surface area contributed by atoms with Crippen molar-refractivity contribution in [3.05, 3.63) is 0 Å². The van der Waals surface area contributed by atoms with E-state index in [9.17, 15) is 4.79 Å². The smallest absolute Gasteiger partial charge is 0.230 e. The number of rotatable bonds is 4. The molecule has 0 spiro atoms. The minimum atomic E-state index is 0.0527. The molecule has 6 heteroatoms. The Morgan fingerprint density at radius 3 is 3.31 bits per heavy atom. The van der Waals surface area contributed by atoms with E-state index < -0.39 is 0 Å². The molecule has 2 aliphatic heterocycles. The molecule has 0 aromatic rings. The number of aliphatic imine (C=N–C) groups is 1. The van der Waals surface area contributed by atoms with E-state index in [0.29, 0.717) is 12.3 Å². The number of hydrogen-bond donors (Lipinski definition) is 2. The van der Waals surface area contributed by atoms with Gasteiger partial charge in [-0.2, -0.15) is 0 Å². The van der Waals surface area contributed by atoms with Gasteiger partial charge in [0.25, 0.3) is 0 Å². The lowest BCUT2D eigenvalue weighted by molar-refractivity contribution is -0.119. The number of carbonyl (C=O) groups excluding carboxylic acids is 1. The van der Waals surface area contributed by atoms with Crippen LogP contribution in [0.25, 0.3) is 0 Å². The SMILES string of the molecule is O=C(CSC1=NCCN1)NC[C@H]1CCCO1. The van der Waals surface area contributed by atoms with E-state index in [1.54, 1.807) is 0 Å². The molecule has 1 fully saturated rings. The predicted octanol–water partition coefficient (Wildman–Crippen LogP) is -0.0260. The average Bonchev–Trinajstić information content (AvgIpc) is 2.96. The lowest BCUT2D eigenvalue weighted by atomic mass is 10.2. The van der Waals surface area contributed by atoms with Gasteiger partial charge in [0.1, 0.15) is 0 Å². The zero-order valence-electron chi connectivity index (χ0n) is 9.20. The maximum absolute atomic E-state index is 11.5. The van der Waals surface area contributed by atoms with Gasteiger partial charge in [-0.1, -0.05) is 11.8 Å². The van der Waals surface area contributed by atoms with Gasteiger partial charge < -0.3 is 15.4 Å². The van der Waals surface area contributed by atoms with E-state index >= 15 is 0 Å². The fraction of sp³-hybridized carbons (Fsp3) is 0.800. The van der Waals surface area contributed by atoms with Gasteiger partial charge in [-0.05, 0) is 12.8 Å². The van der Waals surface area contributed by atoms with Crippen molar-refractivity contribution in [3.63, 3.8) is 0 Å². The summed E-state index contributed by atoms with van der Waals surface area (Å²) in [6.07, 6.45) is 2.38. The Morgan fingerprint density at radius 2 is 2.62 bits per heavy atom. The maximum atomic E-state index is 11.5. The first-order valence-corrected chi connectivity index (χ1v) is 6.62. The third-order valence-corrected chi connectivity index (χ3v) is 3.49. The lowest BCUT2D eigenvalue weighted by Crippen LogP contribution is -2.33. The Balaban J connectivity index is 1.56. The molecule has 0 saturated carbocycles. The molecule has 2 N–H and O–H groups in total. The summed E-state index contributed by atoms with van der Waals surface area (Å²) >= 11 is 1.46. The number of hydrogen-bond acceptors (Lipinski definition) is 5. The van der Waals surface area contributed by atoms with Gasteiger partial charge in [-0.25, -0.2) is 0 Å².